The van der Waals surface area contributed by atoms with Crippen LogP contribution < -0.4 is 10.6 Å². The van der Waals surface area contributed by atoms with Crippen molar-refractivity contribution in [2.24, 2.45) is 0 Å². The van der Waals surface area contributed by atoms with Crippen LogP contribution in [0.2, 0.25) is 0 Å². The third kappa shape index (κ3) is 5.70. The number of aromatic nitrogens is 2. The Morgan fingerprint density at radius 2 is 1.79 bits per heavy atom. The van der Waals surface area contributed by atoms with Crippen LogP contribution in [-0.2, 0) is 11.0 Å². The maximum Gasteiger partial charge on any atom is 0.418 e. The smallest absolute Gasteiger partial charge is 0.330 e. The number of anilines is 3. The molecule has 29 heavy (non-hydrogen) atoms. The summed E-state index contributed by atoms with van der Waals surface area (Å²) >= 11 is 2.39. The van der Waals surface area contributed by atoms with E-state index in [4.69, 9.17) is 0 Å². The van der Waals surface area contributed by atoms with Gasteiger partial charge < -0.3 is 10.6 Å². The lowest BCUT2D eigenvalue weighted by Crippen LogP contribution is -2.24. The van der Waals surface area contributed by atoms with Crippen LogP contribution in [0.1, 0.15) is 18.1 Å². The fourth-order valence-corrected chi connectivity index (χ4v) is 4.26. The van der Waals surface area contributed by atoms with E-state index in [1.807, 2.05) is 31.2 Å². The summed E-state index contributed by atoms with van der Waals surface area (Å²) in [6, 6.07) is 12.6. The van der Waals surface area contributed by atoms with Gasteiger partial charge in [0.15, 0.2) is 4.34 Å². The minimum absolute atomic E-state index is 0.267. The molecule has 0 fully saturated rings. The maximum absolute atomic E-state index is 13.1. The summed E-state index contributed by atoms with van der Waals surface area (Å²) in [5.41, 5.74) is 0.844. The molecule has 2 aromatic carbocycles. The lowest BCUT2D eigenvalue weighted by Gasteiger charge is -2.15. The molecule has 1 atom stereocenters. The molecular weight excluding hydrogens is 421 g/mol. The van der Waals surface area contributed by atoms with Crippen molar-refractivity contribution < 1.29 is 18.0 Å². The molecular formula is C19H17F3N4OS2. The van der Waals surface area contributed by atoms with E-state index < -0.39 is 22.9 Å². The van der Waals surface area contributed by atoms with Crippen molar-refractivity contribution in [2.75, 3.05) is 10.6 Å². The van der Waals surface area contributed by atoms with Crippen LogP contribution in [0.4, 0.5) is 29.7 Å². The predicted octanol–water partition coefficient (Wildman–Crippen LogP) is 5.73. The Labute approximate surface area is 173 Å². The number of thioether (sulfide) groups is 1. The zero-order valence-corrected chi connectivity index (χ0v) is 17.1. The molecule has 3 rings (SSSR count). The average molecular weight is 439 g/mol. The van der Waals surface area contributed by atoms with E-state index in [1.54, 1.807) is 6.92 Å². The standard InChI is InChI=1S/C19H17F3N4OS2/c1-11-7-9-13(10-8-11)23-17-25-26-18(29-17)28-12(2)16(27)24-15-6-4-3-5-14(15)19(20,21)22/h3-10,12H,1-2H3,(H,23,25)(H,24,27). The first-order chi connectivity index (χ1) is 13.7. The van der Waals surface area contributed by atoms with Crippen molar-refractivity contribution in [3.63, 3.8) is 0 Å². The highest BCUT2D eigenvalue weighted by molar-refractivity contribution is 8.02. The highest BCUT2D eigenvalue weighted by atomic mass is 32.2. The van der Waals surface area contributed by atoms with Crippen molar-refractivity contribution in [1.29, 1.82) is 0 Å². The molecule has 0 aliphatic rings. The summed E-state index contributed by atoms with van der Waals surface area (Å²) in [7, 11) is 0. The van der Waals surface area contributed by atoms with Crippen LogP contribution in [-0.4, -0.2) is 21.4 Å². The maximum atomic E-state index is 13.1. The van der Waals surface area contributed by atoms with Gasteiger partial charge in [-0.2, -0.15) is 13.2 Å². The lowest BCUT2D eigenvalue weighted by atomic mass is 10.1. The van der Waals surface area contributed by atoms with Gasteiger partial charge in [-0.25, -0.2) is 0 Å². The van der Waals surface area contributed by atoms with Gasteiger partial charge in [-0.15, -0.1) is 10.2 Å². The Balaban J connectivity index is 1.62. The van der Waals surface area contributed by atoms with Gasteiger partial charge in [0.25, 0.3) is 0 Å². The fraction of sp³-hybridized carbons (Fsp3) is 0.211. The van der Waals surface area contributed by atoms with E-state index in [2.05, 4.69) is 20.8 Å². The molecule has 0 spiro atoms. The quantitative estimate of drug-likeness (QED) is 0.481. The molecule has 0 saturated carbocycles. The van der Waals surface area contributed by atoms with Gasteiger partial charge in [0.1, 0.15) is 0 Å². The highest BCUT2D eigenvalue weighted by Crippen LogP contribution is 2.35. The minimum Gasteiger partial charge on any atom is -0.330 e. The predicted molar refractivity (Wildman–Crippen MR) is 110 cm³/mol. The molecule has 1 heterocycles. The number of hydrogen-bond acceptors (Lipinski definition) is 6. The number of carbonyl (C=O) groups is 1. The second kappa shape index (κ2) is 8.83. The molecule has 0 radical (unpaired) electrons. The first-order valence-corrected chi connectivity index (χ1v) is 10.2. The Morgan fingerprint density at radius 3 is 2.48 bits per heavy atom. The summed E-state index contributed by atoms with van der Waals surface area (Å²) in [6.07, 6.45) is -4.55. The van der Waals surface area contributed by atoms with Crippen molar-refractivity contribution in [3.05, 3.63) is 59.7 Å². The number of para-hydroxylation sites is 1. The second-order valence-corrected chi connectivity index (χ2v) is 8.72. The van der Waals surface area contributed by atoms with E-state index in [1.165, 1.54) is 29.5 Å². The molecule has 0 bridgehead atoms. The van der Waals surface area contributed by atoms with Gasteiger partial charge in [0, 0.05) is 5.69 Å². The first-order valence-electron chi connectivity index (χ1n) is 8.53. The Morgan fingerprint density at radius 1 is 1.10 bits per heavy atom. The fourth-order valence-electron chi connectivity index (χ4n) is 2.35. The van der Waals surface area contributed by atoms with E-state index >= 15 is 0 Å². The molecule has 1 aromatic heterocycles. The van der Waals surface area contributed by atoms with Crippen molar-refractivity contribution in [3.8, 4) is 0 Å². The van der Waals surface area contributed by atoms with Gasteiger partial charge in [-0.3, -0.25) is 4.79 Å². The number of hydrogen-bond donors (Lipinski definition) is 2. The average Bonchev–Trinajstić information content (AvgIpc) is 3.10. The summed E-state index contributed by atoms with van der Waals surface area (Å²) in [4.78, 5) is 12.4. The molecule has 1 unspecified atom stereocenters. The molecule has 0 aliphatic carbocycles. The Bertz CT molecular complexity index is 990. The van der Waals surface area contributed by atoms with Gasteiger partial charge in [-0.1, -0.05) is 52.9 Å². The Kier molecular flexibility index (Phi) is 6.43. The Hall–Kier alpha value is -2.59. The van der Waals surface area contributed by atoms with Crippen LogP contribution in [0.25, 0.3) is 0 Å². The van der Waals surface area contributed by atoms with Crippen LogP contribution >= 0.6 is 23.1 Å². The summed E-state index contributed by atoms with van der Waals surface area (Å²) in [6.45, 7) is 3.59. The van der Waals surface area contributed by atoms with Crippen LogP contribution in [0.3, 0.4) is 0 Å². The molecule has 5 nitrogen and oxygen atoms in total. The summed E-state index contributed by atoms with van der Waals surface area (Å²) < 4.78 is 39.7. The molecule has 1 amide bonds. The third-order valence-electron chi connectivity index (χ3n) is 3.85. The van der Waals surface area contributed by atoms with Gasteiger partial charge >= 0.3 is 6.18 Å². The van der Waals surface area contributed by atoms with Crippen LogP contribution in [0.5, 0.6) is 0 Å². The SMILES string of the molecule is Cc1ccc(Nc2nnc(SC(C)C(=O)Nc3ccccc3C(F)(F)F)s2)cc1. The highest BCUT2D eigenvalue weighted by Gasteiger charge is 2.34. The zero-order valence-electron chi connectivity index (χ0n) is 15.4. The number of halogens is 3. The molecule has 152 valence electrons. The van der Waals surface area contributed by atoms with Crippen molar-refractivity contribution >= 4 is 45.5 Å². The zero-order chi connectivity index (χ0) is 21.0. The van der Waals surface area contributed by atoms with Gasteiger partial charge in [0.2, 0.25) is 11.0 Å². The number of aryl methyl sites for hydroxylation is 1. The normalized spacial score (nSPS) is 12.4. The molecule has 0 aliphatic heterocycles. The van der Waals surface area contributed by atoms with E-state index in [9.17, 15) is 18.0 Å². The first kappa shape index (κ1) is 21.1. The van der Waals surface area contributed by atoms with E-state index in [-0.39, 0.29) is 5.69 Å². The number of nitrogens with zero attached hydrogens (tertiary/aromatic N) is 2. The lowest BCUT2D eigenvalue weighted by molar-refractivity contribution is -0.137. The number of rotatable bonds is 6. The van der Waals surface area contributed by atoms with E-state index in [0.29, 0.717) is 9.47 Å². The summed E-state index contributed by atoms with van der Waals surface area (Å²) in [5.74, 6) is -0.546. The monoisotopic (exact) mass is 438 g/mol. The number of amides is 1. The number of carbonyl (C=O) groups excluding carboxylic acids is 1. The van der Waals surface area contributed by atoms with Crippen LogP contribution in [0.15, 0.2) is 52.9 Å². The number of alkyl halides is 3. The van der Waals surface area contributed by atoms with Crippen molar-refractivity contribution in [2.45, 2.75) is 29.6 Å². The molecule has 3 aromatic rings. The molecule has 10 heteroatoms. The summed E-state index contributed by atoms with van der Waals surface area (Å²) in [5, 5.41) is 13.4. The second-order valence-electron chi connectivity index (χ2n) is 6.16. The van der Waals surface area contributed by atoms with Gasteiger partial charge in [-0.05, 0) is 38.1 Å². The van der Waals surface area contributed by atoms with Gasteiger partial charge in [0.05, 0.1) is 16.5 Å². The number of benzene rings is 2. The van der Waals surface area contributed by atoms with Crippen LogP contribution in [0, 0.1) is 6.92 Å². The molecule has 0 saturated heterocycles. The number of nitrogens with one attached hydrogen (secondary N) is 2. The van der Waals surface area contributed by atoms with Crippen molar-refractivity contribution in [1.82, 2.24) is 10.2 Å². The largest absolute Gasteiger partial charge is 0.418 e. The topological polar surface area (TPSA) is 66.9 Å². The molecule has 2 N–H and O–H groups in total. The minimum atomic E-state index is -4.55. The van der Waals surface area contributed by atoms with E-state index in [0.717, 1.165) is 29.1 Å². The third-order valence-corrected chi connectivity index (χ3v) is 5.87.